The van der Waals surface area contributed by atoms with Gasteiger partial charge in [0.2, 0.25) is 0 Å². The molecule has 0 amide bonds. The van der Waals surface area contributed by atoms with Gasteiger partial charge in [-0.1, -0.05) is 30.3 Å². The molecule has 0 aromatic heterocycles. The summed E-state index contributed by atoms with van der Waals surface area (Å²) in [6.07, 6.45) is 0. The Balaban J connectivity index is 2.00. The molecule has 0 aliphatic carbocycles. The van der Waals surface area contributed by atoms with Gasteiger partial charge in [-0.3, -0.25) is 4.90 Å². The van der Waals surface area contributed by atoms with Crippen molar-refractivity contribution in [3.05, 3.63) is 35.9 Å². The van der Waals surface area contributed by atoms with Gasteiger partial charge in [0, 0.05) is 0 Å². The van der Waals surface area contributed by atoms with Gasteiger partial charge in [0.05, 0.1) is 13.1 Å². The first-order chi connectivity index (χ1) is 7.79. The molecule has 1 saturated heterocycles. The first-order valence-corrected chi connectivity index (χ1v) is 6.10. The molecule has 4 heteroatoms. The number of nitrogens with one attached hydrogen (secondary N) is 2. The SMILES string of the molecule is CC[NH+]1CNC(=S)N(Cc2ccccc2)C1. The van der Waals surface area contributed by atoms with Gasteiger partial charge in [0.1, 0.15) is 0 Å². The highest BCUT2D eigenvalue weighted by Gasteiger charge is 2.21. The monoisotopic (exact) mass is 236 g/mol. The van der Waals surface area contributed by atoms with Crippen LogP contribution in [0.15, 0.2) is 30.3 Å². The second-order valence-electron chi connectivity index (χ2n) is 4.10. The van der Waals surface area contributed by atoms with Crippen LogP contribution in [-0.2, 0) is 6.54 Å². The van der Waals surface area contributed by atoms with E-state index < -0.39 is 0 Å². The van der Waals surface area contributed by atoms with E-state index in [1.54, 1.807) is 0 Å². The summed E-state index contributed by atoms with van der Waals surface area (Å²) in [5, 5.41) is 4.15. The molecule has 1 aromatic carbocycles. The topological polar surface area (TPSA) is 19.7 Å². The summed E-state index contributed by atoms with van der Waals surface area (Å²) in [7, 11) is 0. The summed E-state index contributed by atoms with van der Waals surface area (Å²) in [5.41, 5.74) is 1.31. The number of nitrogens with zero attached hydrogens (tertiary/aromatic N) is 1. The number of quaternary nitrogens is 1. The summed E-state index contributed by atoms with van der Waals surface area (Å²) in [6, 6.07) is 10.5. The standard InChI is InChI=1S/C12H17N3S/c1-2-14-9-13-12(16)15(10-14)8-11-6-4-3-5-7-11/h3-7H,2,8-10H2,1H3,(H,13,16)/p+1. The van der Waals surface area contributed by atoms with Crippen LogP contribution in [0.1, 0.15) is 12.5 Å². The van der Waals surface area contributed by atoms with E-state index in [0.29, 0.717) is 0 Å². The van der Waals surface area contributed by atoms with Gasteiger partial charge in [0.15, 0.2) is 18.4 Å². The highest BCUT2D eigenvalue weighted by molar-refractivity contribution is 7.80. The van der Waals surface area contributed by atoms with Crippen molar-refractivity contribution in [1.29, 1.82) is 0 Å². The molecule has 1 aliphatic heterocycles. The molecular weight excluding hydrogens is 218 g/mol. The minimum Gasteiger partial charge on any atom is -0.316 e. The zero-order valence-electron chi connectivity index (χ0n) is 9.57. The predicted molar refractivity (Wildman–Crippen MR) is 69.0 cm³/mol. The molecule has 16 heavy (non-hydrogen) atoms. The average molecular weight is 236 g/mol. The van der Waals surface area contributed by atoms with Crippen LogP contribution < -0.4 is 10.2 Å². The van der Waals surface area contributed by atoms with Crippen molar-refractivity contribution in [2.45, 2.75) is 13.5 Å². The Hall–Kier alpha value is -1.13. The van der Waals surface area contributed by atoms with Crippen LogP contribution in [-0.4, -0.2) is 29.9 Å². The lowest BCUT2D eigenvalue weighted by atomic mass is 10.2. The van der Waals surface area contributed by atoms with Crippen molar-refractivity contribution in [2.24, 2.45) is 0 Å². The number of thiocarbonyl (C=S) groups is 1. The van der Waals surface area contributed by atoms with Gasteiger partial charge < -0.3 is 10.2 Å². The van der Waals surface area contributed by atoms with Crippen LogP contribution in [0.5, 0.6) is 0 Å². The van der Waals surface area contributed by atoms with Gasteiger partial charge in [0.25, 0.3) is 0 Å². The Morgan fingerprint density at radius 3 is 2.81 bits per heavy atom. The van der Waals surface area contributed by atoms with Crippen LogP contribution in [0.4, 0.5) is 0 Å². The smallest absolute Gasteiger partial charge is 0.177 e. The zero-order chi connectivity index (χ0) is 11.4. The third-order valence-corrected chi connectivity index (χ3v) is 3.31. The first kappa shape index (κ1) is 11.4. The summed E-state index contributed by atoms with van der Waals surface area (Å²) < 4.78 is 0. The van der Waals surface area contributed by atoms with Gasteiger partial charge >= 0.3 is 0 Å². The van der Waals surface area contributed by atoms with Crippen LogP contribution >= 0.6 is 12.2 Å². The average Bonchev–Trinajstić information content (AvgIpc) is 2.33. The zero-order valence-corrected chi connectivity index (χ0v) is 10.4. The molecule has 1 aromatic rings. The summed E-state index contributed by atoms with van der Waals surface area (Å²) in [6.45, 7) is 6.17. The number of benzene rings is 1. The van der Waals surface area contributed by atoms with Crippen molar-refractivity contribution < 1.29 is 4.90 Å². The second-order valence-corrected chi connectivity index (χ2v) is 4.49. The van der Waals surface area contributed by atoms with Gasteiger partial charge in [-0.25, -0.2) is 0 Å². The first-order valence-electron chi connectivity index (χ1n) is 5.70. The van der Waals surface area contributed by atoms with E-state index in [1.807, 2.05) is 6.07 Å². The quantitative estimate of drug-likeness (QED) is 0.731. The highest BCUT2D eigenvalue weighted by atomic mass is 32.1. The molecule has 0 saturated carbocycles. The Kier molecular flexibility index (Phi) is 3.74. The highest BCUT2D eigenvalue weighted by Crippen LogP contribution is 2.04. The third kappa shape index (κ3) is 2.71. The number of hydrogen-bond donors (Lipinski definition) is 2. The Labute approximate surface area is 102 Å². The molecule has 2 rings (SSSR count). The maximum absolute atomic E-state index is 5.33. The molecule has 0 spiro atoms. The molecule has 1 atom stereocenters. The molecule has 1 unspecified atom stereocenters. The molecule has 2 N–H and O–H groups in total. The fourth-order valence-corrected chi connectivity index (χ4v) is 2.08. The van der Waals surface area contributed by atoms with E-state index in [0.717, 1.165) is 31.5 Å². The van der Waals surface area contributed by atoms with E-state index in [1.165, 1.54) is 10.5 Å². The van der Waals surface area contributed by atoms with Crippen molar-refractivity contribution in [1.82, 2.24) is 10.2 Å². The molecule has 0 bridgehead atoms. The fourth-order valence-electron chi connectivity index (χ4n) is 1.88. The minimum atomic E-state index is 0.876. The molecular formula is C12H18N3S+. The lowest BCUT2D eigenvalue weighted by molar-refractivity contribution is -0.912. The Bertz CT molecular complexity index is 353. The molecule has 1 aliphatic rings. The van der Waals surface area contributed by atoms with Crippen molar-refractivity contribution in [3.8, 4) is 0 Å². The molecule has 86 valence electrons. The molecule has 0 radical (unpaired) electrons. The van der Waals surface area contributed by atoms with E-state index in [9.17, 15) is 0 Å². The van der Waals surface area contributed by atoms with E-state index in [2.05, 4.69) is 41.4 Å². The predicted octanol–water partition coefficient (Wildman–Crippen LogP) is 0.197. The van der Waals surface area contributed by atoms with Gasteiger partial charge in [-0.2, -0.15) is 0 Å². The summed E-state index contributed by atoms with van der Waals surface area (Å²) in [5.74, 6) is 0. The lowest BCUT2D eigenvalue weighted by Crippen LogP contribution is -3.16. The Morgan fingerprint density at radius 1 is 1.38 bits per heavy atom. The van der Waals surface area contributed by atoms with Crippen molar-refractivity contribution in [2.75, 3.05) is 19.9 Å². The van der Waals surface area contributed by atoms with Crippen LogP contribution in [0, 0.1) is 0 Å². The summed E-state index contributed by atoms with van der Waals surface area (Å²) in [4.78, 5) is 3.75. The van der Waals surface area contributed by atoms with E-state index in [4.69, 9.17) is 12.2 Å². The van der Waals surface area contributed by atoms with Crippen molar-refractivity contribution >= 4 is 17.3 Å². The largest absolute Gasteiger partial charge is 0.316 e. The number of hydrogen-bond acceptors (Lipinski definition) is 1. The minimum absolute atomic E-state index is 0.876. The van der Waals surface area contributed by atoms with E-state index in [-0.39, 0.29) is 0 Å². The van der Waals surface area contributed by atoms with E-state index >= 15 is 0 Å². The third-order valence-electron chi connectivity index (χ3n) is 2.91. The van der Waals surface area contributed by atoms with Crippen molar-refractivity contribution in [3.63, 3.8) is 0 Å². The molecule has 3 nitrogen and oxygen atoms in total. The Morgan fingerprint density at radius 2 is 2.12 bits per heavy atom. The maximum atomic E-state index is 5.33. The van der Waals surface area contributed by atoms with Gasteiger partial charge in [-0.05, 0) is 24.7 Å². The number of rotatable bonds is 3. The lowest BCUT2D eigenvalue weighted by Gasteiger charge is -2.34. The summed E-state index contributed by atoms with van der Waals surface area (Å²) >= 11 is 5.33. The fraction of sp³-hybridized carbons (Fsp3) is 0.417. The van der Waals surface area contributed by atoms with Gasteiger partial charge in [-0.15, -0.1) is 0 Å². The maximum Gasteiger partial charge on any atom is 0.177 e. The molecule has 1 fully saturated rings. The molecule has 1 heterocycles. The normalized spacial score (nSPS) is 20.7. The van der Waals surface area contributed by atoms with Crippen LogP contribution in [0.2, 0.25) is 0 Å². The van der Waals surface area contributed by atoms with Crippen LogP contribution in [0.25, 0.3) is 0 Å². The van der Waals surface area contributed by atoms with Crippen LogP contribution in [0.3, 0.4) is 0 Å². The second kappa shape index (κ2) is 5.27.